The van der Waals surface area contributed by atoms with E-state index in [0.717, 1.165) is 39.0 Å². The van der Waals surface area contributed by atoms with Crippen molar-refractivity contribution < 1.29 is 19.1 Å². The van der Waals surface area contributed by atoms with Gasteiger partial charge in [0, 0.05) is 26.2 Å². The Morgan fingerprint density at radius 1 is 0.600 bits per heavy atom. The summed E-state index contributed by atoms with van der Waals surface area (Å²) in [6, 6.07) is 0. The minimum atomic E-state index is -0.845. The molecular formula is C22H48N2O4S2. The summed E-state index contributed by atoms with van der Waals surface area (Å²) in [4.78, 5) is 23.4. The second-order valence-electron chi connectivity index (χ2n) is 8.93. The summed E-state index contributed by atoms with van der Waals surface area (Å²) in [5.41, 5.74) is 0. The van der Waals surface area contributed by atoms with E-state index in [1.165, 1.54) is 12.8 Å². The fraction of sp³-hybridized carbons (Fsp3) is 0.909. The van der Waals surface area contributed by atoms with E-state index in [0.29, 0.717) is 26.1 Å². The molecule has 0 aliphatic heterocycles. The number of rotatable bonds is 17. The summed E-state index contributed by atoms with van der Waals surface area (Å²) in [5, 5.41) is 0. The number of hydrogen-bond donors (Lipinski definition) is 0. The first-order valence-electron chi connectivity index (χ1n) is 11.1. The molecule has 6 nitrogen and oxygen atoms in total. The van der Waals surface area contributed by atoms with Gasteiger partial charge in [-0.25, -0.2) is 0 Å². The van der Waals surface area contributed by atoms with Gasteiger partial charge in [-0.2, -0.15) is 20.4 Å². The van der Waals surface area contributed by atoms with Gasteiger partial charge in [0.15, 0.2) is 0 Å². The van der Waals surface area contributed by atoms with Crippen LogP contribution in [0.2, 0.25) is 0 Å². The normalized spacial score (nSPS) is 13.5. The van der Waals surface area contributed by atoms with Crippen LogP contribution in [0.5, 0.6) is 0 Å². The van der Waals surface area contributed by atoms with Crippen LogP contribution in [0.1, 0.15) is 52.4 Å². The van der Waals surface area contributed by atoms with Crippen LogP contribution < -0.4 is 0 Å². The highest BCUT2D eigenvalue weighted by Crippen LogP contribution is 2.41. The fourth-order valence-electron chi connectivity index (χ4n) is 3.15. The van der Waals surface area contributed by atoms with E-state index < -0.39 is 20.4 Å². The predicted molar refractivity (Wildman–Crippen MR) is 135 cm³/mol. The van der Waals surface area contributed by atoms with Gasteiger partial charge in [0.1, 0.15) is 0 Å². The molecule has 0 radical (unpaired) electrons. The number of carbonyl (C=O) groups is 2. The summed E-state index contributed by atoms with van der Waals surface area (Å²) < 4.78 is 15.1. The molecule has 0 aliphatic rings. The van der Waals surface area contributed by atoms with Crippen LogP contribution in [0.15, 0.2) is 0 Å². The van der Waals surface area contributed by atoms with E-state index in [2.05, 4.69) is 46.1 Å². The minimum absolute atomic E-state index is 0.0984. The highest BCUT2D eigenvalue weighted by atomic mass is 32.3. The third-order valence-corrected chi connectivity index (χ3v) is 8.68. The van der Waals surface area contributed by atoms with Gasteiger partial charge in [0.2, 0.25) is 0 Å². The second kappa shape index (κ2) is 15.4. The first kappa shape index (κ1) is 29.6. The molecule has 0 unspecified atom stereocenters. The number of carbonyl (C=O) groups excluding carboxylic acids is 2. The average Bonchev–Trinajstić information content (AvgIpc) is 2.61. The smallest absolute Gasteiger partial charge is 0.307 e. The van der Waals surface area contributed by atoms with Crippen molar-refractivity contribution in [3.63, 3.8) is 0 Å². The first-order chi connectivity index (χ1) is 13.9. The van der Waals surface area contributed by atoms with Gasteiger partial charge in [-0.05, 0) is 64.2 Å². The molecule has 8 heteroatoms. The van der Waals surface area contributed by atoms with Crippen LogP contribution in [0, 0.1) is 0 Å². The Labute approximate surface area is 189 Å². The third-order valence-electron chi connectivity index (χ3n) is 4.86. The molecule has 0 aromatic rings. The van der Waals surface area contributed by atoms with Crippen molar-refractivity contribution >= 4 is 32.4 Å². The number of nitrogens with zero attached hydrogens (tertiary/aromatic N) is 2. The molecule has 0 amide bonds. The summed E-state index contributed by atoms with van der Waals surface area (Å²) in [7, 11) is -1.69. The van der Waals surface area contributed by atoms with Gasteiger partial charge in [-0.15, -0.1) is 0 Å². The maximum atomic E-state index is 11.7. The Morgan fingerprint density at radius 3 is 1.20 bits per heavy atom. The number of ether oxygens (including phenoxy) is 2. The van der Waals surface area contributed by atoms with E-state index >= 15 is 0 Å². The van der Waals surface area contributed by atoms with Crippen LogP contribution >= 0.6 is 20.4 Å². The molecule has 0 aliphatic carbocycles. The zero-order valence-electron chi connectivity index (χ0n) is 20.8. The van der Waals surface area contributed by atoms with E-state index in [1.54, 1.807) is 0 Å². The molecule has 0 N–H and O–H groups in total. The van der Waals surface area contributed by atoms with E-state index in [9.17, 15) is 9.59 Å². The lowest BCUT2D eigenvalue weighted by atomic mass is 10.2. The standard InChI is InChI=1S/C22H48N2O4S2/c1-9-27-21(25)15-19-23(29(3,4)5)17-13-11-12-14-18-24(30(6,7)8)20-16-22(26)28-10-2/h9-20H2,1-8H3. The van der Waals surface area contributed by atoms with Crippen molar-refractivity contribution in [2.75, 3.05) is 76.9 Å². The maximum Gasteiger partial charge on any atom is 0.307 e. The Balaban J connectivity index is 4.28. The topological polar surface area (TPSA) is 59.1 Å². The largest absolute Gasteiger partial charge is 0.466 e. The highest BCUT2D eigenvalue weighted by Gasteiger charge is 2.19. The summed E-state index contributed by atoms with van der Waals surface area (Å²) in [6.07, 6.45) is 19.3. The molecule has 0 atom stereocenters. The van der Waals surface area contributed by atoms with Gasteiger partial charge < -0.3 is 9.47 Å². The van der Waals surface area contributed by atoms with Crippen molar-refractivity contribution in [2.24, 2.45) is 0 Å². The van der Waals surface area contributed by atoms with E-state index in [4.69, 9.17) is 9.47 Å². The zero-order valence-corrected chi connectivity index (χ0v) is 22.5. The molecule has 0 saturated heterocycles. The van der Waals surface area contributed by atoms with Crippen LogP contribution in [0.3, 0.4) is 0 Å². The van der Waals surface area contributed by atoms with Crippen molar-refractivity contribution in [1.82, 2.24) is 8.61 Å². The monoisotopic (exact) mass is 468 g/mol. The van der Waals surface area contributed by atoms with Crippen LogP contribution in [0.25, 0.3) is 0 Å². The maximum absolute atomic E-state index is 11.7. The van der Waals surface area contributed by atoms with Crippen molar-refractivity contribution in [1.29, 1.82) is 0 Å². The van der Waals surface area contributed by atoms with Gasteiger partial charge in [-0.3, -0.25) is 18.2 Å². The van der Waals surface area contributed by atoms with Gasteiger partial charge in [0.05, 0.1) is 26.1 Å². The van der Waals surface area contributed by atoms with Crippen LogP contribution in [0.4, 0.5) is 0 Å². The lowest BCUT2D eigenvalue weighted by molar-refractivity contribution is -0.144. The van der Waals surface area contributed by atoms with Gasteiger partial charge >= 0.3 is 11.9 Å². The Morgan fingerprint density at radius 2 is 0.933 bits per heavy atom. The van der Waals surface area contributed by atoms with Crippen molar-refractivity contribution in [2.45, 2.75) is 52.4 Å². The van der Waals surface area contributed by atoms with E-state index in [1.807, 2.05) is 13.8 Å². The molecule has 0 aromatic heterocycles. The van der Waals surface area contributed by atoms with Crippen LogP contribution in [-0.2, 0) is 19.1 Å². The summed E-state index contributed by atoms with van der Waals surface area (Å²) in [5.74, 6) is -0.197. The fourth-order valence-corrected chi connectivity index (χ4v) is 5.78. The predicted octanol–water partition coefficient (Wildman–Crippen LogP) is 4.28. The molecule has 0 heterocycles. The minimum Gasteiger partial charge on any atom is -0.466 e. The average molecular weight is 469 g/mol. The third kappa shape index (κ3) is 14.5. The quantitative estimate of drug-likeness (QED) is 0.235. The number of esters is 2. The molecule has 0 fully saturated rings. The number of unbranched alkanes of at least 4 members (excludes halogenated alkanes) is 3. The molecule has 0 saturated carbocycles. The zero-order chi connectivity index (χ0) is 23.2. The molecule has 30 heavy (non-hydrogen) atoms. The molecular weight excluding hydrogens is 420 g/mol. The lowest BCUT2D eigenvalue weighted by Gasteiger charge is -2.40. The van der Waals surface area contributed by atoms with Crippen LogP contribution in [-0.4, -0.2) is 97.5 Å². The van der Waals surface area contributed by atoms with Gasteiger partial charge in [-0.1, -0.05) is 12.8 Å². The first-order valence-corrected chi connectivity index (χ1v) is 16.7. The van der Waals surface area contributed by atoms with Crippen molar-refractivity contribution in [3.05, 3.63) is 0 Å². The molecule has 182 valence electrons. The molecule has 0 spiro atoms. The summed E-state index contributed by atoms with van der Waals surface area (Å²) >= 11 is 0. The van der Waals surface area contributed by atoms with Crippen molar-refractivity contribution in [3.8, 4) is 0 Å². The molecule has 0 rings (SSSR count). The Kier molecular flexibility index (Phi) is 15.2. The summed E-state index contributed by atoms with van der Waals surface area (Å²) in [6.45, 7) is 8.25. The molecule has 0 aromatic carbocycles. The lowest BCUT2D eigenvalue weighted by Crippen LogP contribution is -2.30. The Bertz CT molecular complexity index is 447. The number of hydrogen-bond acceptors (Lipinski definition) is 6. The van der Waals surface area contributed by atoms with E-state index in [-0.39, 0.29) is 11.9 Å². The SMILES string of the molecule is CCOC(=O)CCN(CCCCCCN(CCC(=O)OCC)S(C)(C)C)S(C)(C)C. The van der Waals surface area contributed by atoms with Gasteiger partial charge in [0.25, 0.3) is 0 Å². The molecule has 0 bridgehead atoms. The highest BCUT2D eigenvalue weighted by molar-refractivity contribution is 8.30. The second-order valence-corrected chi connectivity index (χ2v) is 17.0. The Hall–Kier alpha value is -0.440.